The fourth-order valence-corrected chi connectivity index (χ4v) is 6.88. The third-order valence-electron chi connectivity index (χ3n) is 10.7. The van der Waals surface area contributed by atoms with Crippen LogP contribution < -0.4 is 9.80 Å². The molecular formula is C62H48N2O4. The zero-order valence-electron chi connectivity index (χ0n) is 38.8. The number of carbonyl (C=O) groups is 2. The molecule has 0 saturated heterocycles. The molecule has 0 aliphatic heterocycles. The number of benzene rings is 7. The van der Waals surface area contributed by atoms with Crippen LogP contribution in [0, 0.1) is 47.4 Å². The van der Waals surface area contributed by atoms with Crippen LogP contribution in [-0.2, 0) is 9.47 Å². The predicted octanol–water partition coefficient (Wildman–Crippen LogP) is 11.3. The van der Waals surface area contributed by atoms with Crippen LogP contribution in [-0.4, -0.2) is 54.3 Å². The average Bonchev–Trinajstić information content (AvgIpc) is 3.37. The molecule has 0 spiro atoms. The highest BCUT2D eigenvalue weighted by atomic mass is 16.5. The summed E-state index contributed by atoms with van der Waals surface area (Å²) in [5.41, 5.74) is 13.0. The quantitative estimate of drug-likeness (QED) is 0.0861. The van der Waals surface area contributed by atoms with Crippen molar-refractivity contribution < 1.29 is 19.1 Å². The van der Waals surface area contributed by atoms with Gasteiger partial charge in [0.15, 0.2) is 0 Å². The number of esters is 2. The van der Waals surface area contributed by atoms with Crippen LogP contribution in [0.4, 0.5) is 11.4 Å². The summed E-state index contributed by atoms with van der Waals surface area (Å²) in [4.78, 5) is 29.1. The van der Waals surface area contributed by atoms with Crippen molar-refractivity contribution in [2.75, 3.05) is 52.2 Å². The Morgan fingerprint density at radius 3 is 1.09 bits per heavy atom. The number of anilines is 2. The Bertz CT molecular complexity index is 3070. The smallest absolute Gasteiger partial charge is 0.339 e. The second-order valence-electron chi connectivity index (χ2n) is 15.9. The van der Waals surface area contributed by atoms with Crippen LogP contribution in [0.15, 0.2) is 158 Å². The molecule has 6 heteroatoms. The van der Waals surface area contributed by atoms with Gasteiger partial charge in [0.1, 0.15) is 0 Å². The van der Waals surface area contributed by atoms with Gasteiger partial charge in [-0.2, -0.15) is 0 Å². The number of hydrogen-bond donors (Lipinski definition) is 0. The van der Waals surface area contributed by atoms with Crippen molar-refractivity contribution in [1.82, 2.24) is 0 Å². The summed E-state index contributed by atoms with van der Waals surface area (Å²) in [7, 11) is 10.8. The minimum Gasteiger partial charge on any atom is -0.465 e. The van der Waals surface area contributed by atoms with Crippen molar-refractivity contribution in [1.29, 1.82) is 0 Å². The van der Waals surface area contributed by atoms with E-state index in [1.165, 1.54) is 14.2 Å². The van der Waals surface area contributed by atoms with Crippen molar-refractivity contribution in [2.24, 2.45) is 0 Å². The van der Waals surface area contributed by atoms with Crippen molar-refractivity contribution in [3.63, 3.8) is 0 Å². The number of rotatable bonds is 8. The molecule has 7 aromatic rings. The van der Waals surface area contributed by atoms with Gasteiger partial charge in [-0.05, 0) is 131 Å². The van der Waals surface area contributed by atoms with E-state index in [2.05, 4.69) is 106 Å². The van der Waals surface area contributed by atoms with E-state index in [4.69, 9.17) is 9.47 Å². The predicted molar refractivity (Wildman–Crippen MR) is 278 cm³/mol. The average molecular weight is 885 g/mol. The van der Waals surface area contributed by atoms with Gasteiger partial charge < -0.3 is 19.3 Å². The van der Waals surface area contributed by atoms with Gasteiger partial charge in [0.2, 0.25) is 0 Å². The van der Waals surface area contributed by atoms with Gasteiger partial charge >= 0.3 is 11.9 Å². The third-order valence-corrected chi connectivity index (χ3v) is 10.7. The Labute approximate surface area is 400 Å². The second kappa shape index (κ2) is 22.6. The van der Waals surface area contributed by atoms with Gasteiger partial charge in [-0.15, -0.1) is 0 Å². The number of carbonyl (C=O) groups excluding carboxylic acids is 2. The van der Waals surface area contributed by atoms with Gasteiger partial charge in [-0.1, -0.05) is 120 Å². The van der Waals surface area contributed by atoms with E-state index in [1.807, 2.05) is 137 Å². The standard InChI is InChI=1S/C62H48N2O4/c1-63(2)57-39-27-47(28-40-57)19-21-49-25-31-51(35-37-53-11-7-9-13-59(53)61(65)67-5)55(43-49)33-23-45-15-17-46(18-16-45)24-34-56-44-50(22-20-48-29-41-58(42-30-48)64(3)4)26-32-52(56)36-38-54-12-8-10-14-60(54)62(66)68-6/h7-18,23-34,39-44H,1-6H3/b33-23+,34-24+. The summed E-state index contributed by atoms with van der Waals surface area (Å²) in [6.07, 6.45) is 8.16. The Balaban J connectivity index is 1.18. The zero-order valence-corrected chi connectivity index (χ0v) is 38.8. The van der Waals surface area contributed by atoms with E-state index in [0.717, 1.165) is 67.0 Å². The maximum absolute atomic E-state index is 12.5. The number of methoxy groups -OCH3 is 2. The summed E-state index contributed by atoms with van der Waals surface area (Å²) in [5, 5.41) is 0. The van der Waals surface area contributed by atoms with Gasteiger partial charge in [0, 0.05) is 84.1 Å². The first-order chi connectivity index (χ1) is 33.1. The largest absolute Gasteiger partial charge is 0.465 e. The highest BCUT2D eigenvalue weighted by Crippen LogP contribution is 2.21. The molecule has 0 fully saturated rings. The maximum atomic E-state index is 12.5. The van der Waals surface area contributed by atoms with Gasteiger partial charge in [0.05, 0.1) is 25.3 Å². The minimum atomic E-state index is -0.439. The topological polar surface area (TPSA) is 59.1 Å². The Morgan fingerprint density at radius 1 is 0.382 bits per heavy atom. The first-order valence-corrected chi connectivity index (χ1v) is 21.8. The molecule has 0 amide bonds. The molecule has 0 heterocycles. The zero-order chi connectivity index (χ0) is 47.8. The summed E-state index contributed by atoms with van der Waals surface area (Å²) in [6.45, 7) is 0. The van der Waals surface area contributed by atoms with Crippen molar-refractivity contribution >= 4 is 47.6 Å². The molecular weight excluding hydrogens is 837 g/mol. The maximum Gasteiger partial charge on any atom is 0.339 e. The van der Waals surface area contributed by atoms with Crippen LogP contribution >= 0.6 is 0 Å². The van der Waals surface area contributed by atoms with Crippen LogP contribution in [0.3, 0.4) is 0 Å². The summed E-state index contributed by atoms with van der Waals surface area (Å²) >= 11 is 0. The molecule has 0 radical (unpaired) electrons. The Kier molecular flexibility index (Phi) is 15.6. The summed E-state index contributed by atoms with van der Waals surface area (Å²) in [6, 6.07) is 50.7. The van der Waals surface area contributed by atoms with E-state index < -0.39 is 11.9 Å². The van der Waals surface area contributed by atoms with Crippen LogP contribution in [0.25, 0.3) is 24.3 Å². The van der Waals surface area contributed by atoms with E-state index in [9.17, 15) is 9.59 Å². The SMILES string of the molecule is COC(=O)c1ccccc1C#Cc1ccc(C#Cc2ccc(N(C)C)cc2)cc1/C=C/c1ccc(/C=C/c2cc(C#Cc3ccc(N(C)C)cc3)ccc2C#Cc2ccccc2C(=O)OC)cc1. The molecule has 0 saturated carbocycles. The lowest BCUT2D eigenvalue weighted by Crippen LogP contribution is -2.07. The fourth-order valence-electron chi connectivity index (χ4n) is 6.88. The second-order valence-corrected chi connectivity index (χ2v) is 15.9. The summed E-state index contributed by atoms with van der Waals surface area (Å²) in [5.74, 6) is 25.3. The molecule has 7 aromatic carbocycles. The fraction of sp³-hybridized carbons (Fsp3) is 0.0968. The highest BCUT2D eigenvalue weighted by Gasteiger charge is 2.11. The normalized spacial score (nSPS) is 10.3. The first-order valence-electron chi connectivity index (χ1n) is 21.8. The molecule has 6 nitrogen and oxygen atoms in total. The Hall–Kier alpha value is -9.20. The van der Waals surface area contributed by atoms with E-state index >= 15 is 0 Å². The van der Waals surface area contributed by atoms with E-state index in [1.54, 1.807) is 24.3 Å². The van der Waals surface area contributed by atoms with Gasteiger partial charge in [-0.25, -0.2) is 9.59 Å². The molecule has 0 aliphatic carbocycles. The van der Waals surface area contributed by atoms with Crippen molar-refractivity contribution in [3.05, 3.63) is 236 Å². The summed E-state index contributed by atoms with van der Waals surface area (Å²) < 4.78 is 10.00. The van der Waals surface area contributed by atoms with Crippen LogP contribution in [0.2, 0.25) is 0 Å². The Morgan fingerprint density at radius 2 is 0.721 bits per heavy atom. The molecule has 0 N–H and O–H groups in total. The molecule has 0 atom stereocenters. The molecule has 0 aliphatic rings. The van der Waals surface area contributed by atoms with Gasteiger partial charge in [0.25, 0.3) is 0 Å². The molecule has 7 rings (SSSR count). The molecule has 68 heavy (non-hydrogen) atoms. The number of nitrogens with zero attached hydrogens (tertiary/aromatic N) is 2. The molecule has 330 valence electrons. The first kappa shape index (κ1) is 46.8. The molecule has 0 aromatic heterocycles. The van der Waals surface area contributed by atoms with Gasteiger partial charge in [-0.3, -0.25) is 0 Å². The van der Waals surface area contributed by atoms with E-state index in [0.29, 0.717) is 22.3 Å². The molecule has 0 unspecified atom stereocenters. The minimum absolute atomic E-state index is 0.408. The highest BCUT2D eigenvalue weighted by molar-refractivity contribution is 5.93. The van der Waals surface area contributed by atoms with Crippen molar-refractivity contribution in [3.8, 4) is 47.4 Å². The third kappa shape index (κ3) is 12.5. The van der Waals surface area contributed by atoms with Crippen molar-refractivity contribution in [2.45, 2.75) is 0 Å². The number of ether oxygens (including phenoxy) is 2. The number of hydrogen-bond acceptors (Lipinski definition) is 6. The van der Waals surface area contributed by atoms with E-state index in [-0.39, 0.29) is 0 Å². The lowest BCUT2D eigenvalue weighted by Gasteiger charge is -2.11. The lowest BCUT2D eigenvalue weighted by molar-refractivity contribution is 0.0591. The van der Waals surface area contributed by atoms with Crippen LogP contribution in [0.1, 0.15) is 87.5 Å². The lowest BCUT2D eigenvalue weighted by atomic mass is 10.0. The molecule has 0 bridgehead atoms. The monoisotopic (exact) mass is 884 g/mol. The van der Waals surface area contributed by atoms with Crippen LogP contribution in [0.5, 0.6) is 0 Å².